The van der Waals surface area contributed by atoms with Crippen molar-refractivity contribution in [1.82, 2.24) is 14.8 Å². The molecule has 0 saturated carbocycles. The van der Waals surface area contributed by atoms with Gasteiger partial charge in [-0.25, -0.2) is 0 Å². The minimum atomic E-state index is 0.126. The molecular weight excluding hydrogens is 350 g/mol. The lowest BCUT2D eigenvalue weighted by atomic mass is 10.2. The lowest BCUT2D eigenvalue weighted by Gasteiger charge is -2.07. The van der Waals surface area contributed by atoms with Gasteiger partial charge in [0, 0.05) is 27.4 Å². The number of nitrogens with zero attached hydrogens (tertiary/aromatic N) is 3. The Morgan fingerprint density at radius 1 is 1.28 bits per heavy atom. The highest BCUT2D eigenvalue weighted by Crippen LogP contribution is 2.26. The molecule has 128 valence electrons. The fourth-order valence-electron chi connectivity index (χ4n) is 2.61. The van der Waals surface area contributed by atoms with E-state index in [0.29, 0.717) is 12.3 Å². The predicted octanol–water partition coefficient (Wildman–Crippen LogP) is 4.78. The number of allylic oxidation sites excluding steroid dienone is 1. The van der Waals surface area contributed by atoms with Gasteiger partial charge in [-0.2, -0.15) is 0 Å². The van der Waals surface area contributed by atoms with E-state index < -0.39 is 0 Å². The van der Waals surface area contributed by atoms with Crippen LogP contribution in [0, 0.1) is 13.8 Å². The van der Waals surface area contributed by atoms with Crippen LogP contribution in [0.2, 0.25) is 0 Å². The van der Waals surface area contributed by atoms with Crippen molar-refractivity contribution in [3.8, 4) is 11.4 Å². The zero-order valence-electron chi connectivity index (χ0n) is 14.2. The number of benzene rings is 1. The summed E-state index contributed by atoms with van der Waals surface area (Å²) in [5.74, 6) is 1.26. The first-order chi connectivity index (χ1) is 12.1. The molecule has 0 fully saturated rings. The van der Waals surface area contributed by atoms with Crippen molar-refractivity contribution in [1.29, 1.82) is 0 Å². The summed E-state index contributed by atoms with van der Waals surface area (Å²) in [7, 11) is 0. The third-order valence-electron chi connectivity index (χ3n) is 3.73. The SMILES string of the molecule is C=CCn1c(SCC(=O)c2cc(C)sc2C)nnc1-c1ccccc1. The van der Waals surface area contributed by atoms with E-state index >= 15 is 0 Å². The number of carbonyl (C=O) groups is 1. The number of rotatable bonds is 7. The number of thioether (sulfide) groups is 1. The molecule has 0 aliphatic carbocycles. The summed E-state index contributed by atoms with van der Waals surface area (Å²) in [6, 6.07) is 11.9. The van der Waals surface area contributed by atoms with Crippen molar-refractivity contribution in [3.05, 3.63) is 64.4 Å². The molecule has 0 aliphatic heterocycles. The molecule has 0 atom stereocenters. The largest absolute Gasteiger partial charge is 0.298 e. The van der Waals surface area contributed by atoms with Crippen molar-refractivity contribution in [2.75, 3.05) is 5.75 Å². The quantitative estimate of drug-likeness (QED) is 0.341. The molecule has 0 unspecified atom stereocenters. The highest BCUT2D eigenvalue weighted by Gasteiger charge is 2.17. The summed E-state index contributed by atoms with van der Waals surface area (Å²) >= 11 is 3.08. The predicted molar refractivity (Wildman–Crippen MR) is 105 cm³/mol. The van der Waals surface area contributed by atoms with E-state index in [1.54, 1.807) is 11.3 Å². The van der Waals surface area contributed by atoms with E-state index in [1.165, 1.54) is 11.8 Å². The fourth-order valence-corrected chi connectivity index (χ4v) is 4.38. The standard InChI is InChI=1S/C19H19N3OS2/c1-4-10-22-18(15-8-6-5-7-9-15)20-21-19(22)24-12-17(23)16-11-13(2)25-14(16)3/h4-9,11H,1,10,12H2,2-3H3. The van der Waals surface area contributed by atoms with E-state index in [-0.39, 0.29) is 5.78 Å². The Morgan fingerprint density at radius 2 is 2.04 bits per heavy atom. The van der Waals surface area contributed by atoms with Crippen LogP contribution in [-0.2, 0) is 6.54 Å². The van der Waals surface area contributed by atoms with Crippen molar-refractivity contribution in [3.63, 3.8) is 0 Å². The maximum Gasteiger partial charge on any atom is 0.192 e. The van der Waals surface area contributed by atoms with Crippen LogP contribution in [0.25, 0.3) is 11.4 Å². The normalized spacial score (nSPS) is 10.8. The summed E-state index contributed by atoms with van der Waals surface area (Å²) in [6.07, 6.45) is 1.81. The Hall–Kier alpha value is -2.18. The molecule has 2 heterocycles. The minimum Gasteiger partial charge on any atom is -0.298 e. The molecule has 0 spiro atoms. The third kappa shape index (κ3) is 3.91. The molecule has 0 radical (unpaired) electrons. The van der Waals surface area contributed by atoms with Gasteiger partial charge in [-0.15, -0.1) is 28.1 Å². The van der Waals surface area contributed by atoms with E-state index in [2.05, 4.69) is 16.8 Å². The Balaban J connectivity index is 1.81. The number of hydrogen-bond donors (Lipinski definition) is 0. The van der Waals surface area contributed by atoms with Gasteiger partial charge in [0.1, 0.15) is 0 Å². The van der Waals surface area contributed by atoms with Gasteiger partial charge in [-0.3, -0.25) is 9.36 Å². The molecule has 0 aliphatic rings. The first-order valence-corrected chi connectivity index (χ1v) is 9.73. The third-order valence-corrected chi connectivity index (χ3v) is 5.67. The number of aromatic nitrogens is 3. The summed E-state index contributed by atoms with van der Waals surface area (Å²) in [5.41, 5.74) is 1.81. The topological polar surface area (TPSA) is 47.8 Å². The second kappa shape index (κ2) is 7.80. The summed E-state index contributed by atoms with van der Waals surface area (Å²) in [5, 5.41) is 9.33. The van der Waals surface area contributed by atoms with Gasteiger partial charge >= 0.3 is 0 Å². The molecular formula is C19H19N3OS2. The average Bonchev–Trinajstić information content (AvgIpc) is 3.16. The highest BCUT2D eigenvalue weighted by molar-refractivity contribution is 7.99. The van der Waals surface area contributed by atoms with Crippen molar-refractivity contribution in [2.45, 2.75) is 25.5 Å². The fraction of sp³-hybridized carbons (Fsp3) is 0.211. The molecule has 0 saturated heterocycles. The zero-order chi connectivity index (χ0) is 17.8. The zero-order valence-corrected chi connectivity index (χ0v) is 15.9. The smallest absolute Gasteiger partial charge is 0.192 e. The van der Waals surface area contributed by atoms with E-state index in [4.69, 9.17) is 0 Å². The molecule has 0 N–H and O–H groups in total. The highest BCUT2D eigenvalue weighted by atomic mass is 32.2. The van der Waals surface area contributed by atoms with Crippen LogP contribution in [0.1, 0.15) is 20.1 Å². The van der Waals surface area contributed by atoms with Gasteiger partial charge in [0.25, 0.3) is 0 Å². The van der Waals surface area contributed by atoms with E-state index in [1.807, 2.05) is 60.9 Å². The first kappa shape index (κ1) is 17.6. The molecule has 25 heavy (non-hydrogen) atoms. The van der Waals surface area contributed by atoms with Crippen LogP contribution in [0.4, 0.5) is 0 Å². The van der Waals surface area contributed by atoms with Crippen LogP contribution in [0.3, 0.4) is 0 Å². The lowest BCUT2D eigenvalue weighted by molar-refractivity contribution is 0.102. The first-order valence-electron chi connectivity index (χ1n) is 7.92. The number of thiophene rings is 1. The Labute approximate surface area is 155 Å². The monoisotopic (exact) mass is 369 g/mol. The maximum atomic E-state index is 12.5. The number of ketones is 1. The number of Topliss-reactive ketones (excluding diaryl/α,β-unsaturated/α-hetero) is 1. The number of aryl methyl sites for hydroxylation is 2. The van der Waals surface area contributed by atoms with Gasteiger partial charge in [0.05, 0.1) is 5.75 Å². The molecule has 1 aromatic carbocycles. The summed E-state index contributed by atoms with van der Waals surface area (Å²) in [6.45, 7) is 8.43. The van der Waals surface area contributed by atoms with Crippen LogP contribution in [-0.4, -0.2) is 26.3 Å². The Bertz CT molecular complexity index is 897. The van der Waals surface area contributed by atoms with Crippen LogP contribution in [0.15, 0.2) is 54.2 Å². The molecule has 4 nitrogen and oxygen atoms in total. The molecule has 0 amide bonds. The lowest BCUT2D eigenvalue weighted by Crippen LogP contribution is -2.05. The second-order valence-electron chi connectivity index (χ2n) is 5.61. The van der Waals surface area contributed by atoms with Gasteiger partial charge in [0.2, 0.25) is 0 Å². The van der Waals surface area contributed by atoms with Gasteiger partial charge < -0.3 is 0 Å². The molecule has 2 aromatic heterocycles. The minimum absolute atomic E-state index is 0.126. The van der Waals surface area contributed by atoms with E-state index in [9.17, 15) is 4.79 Å². The van der Waals surface area contributed by atoms with Crippen LogP contribution in [0.5, 0.6) is 0 Å². The molecule has 0 bridgehead atoms. The molecule has 6 heteroatoms. The maximum absolute atomic E-state index is 12.5. The molecule has 3 rings (SSSR count). The number of hydrogen-bond acceptors (Lipinski definition) is 5. The van der Waals surface area contributed by atoms with Crippen LogP contribution >= 0.6 is 23.1 Å². The van der Waals surface area contributed by atoms with Crippen molar-refractivity contribution < 1.29 is 4.79 Å². The van der Waals surface area contributed by atoms with Crippen LogP contribution < -0.4 is 0 Å². The Morgan fingerprint density at radius 3 is 2.68 bits per heavy atom. The Kier molecular flexibility index (Phi) is 5.50. The van der Waals surface area contributed by atoms with Gasteiger partial charge in [-0.1, -0.05) is 48.2 Å². The van der Waals surface area contributed by atoms with Gasteiger partial charge in [-0.05, 0) is 19.9 Å². The summed E-state index contributed by atoms with van der Waals surface area (Å²) in [4.78, 5) is 14.7. The van der Waals surface area contributed by atoms with Gasteiger partial charge in [0.15, 0.2) is 16.8 Å². The second-order valence-corrected chi connectivity index (χ2v) is 8.01. The van der Waals surface area contributed by atoms with Crippen molar-refractivity contribution >= 4 is 28.9 Å². The summed E-state index contributed by atoms with van der Waals surface area (Å²) < 4.78 is 1.99. The number of carbonyl (C=O) groups excluding carboxylic acids is 1. The average molecular weight is 370 g/mol. The molecule has 3 aromatic rings. The van der Waals surface area contributed by atoms with E-state index in [0.717, 1.165) is 31.9 Å². The van der Waals surface area contributed by atoms with Crippen molar-refractivity contribution in [2.24, 2.45) is 0 Å².